The minimum Gasteiger partial charge on any atom is -0.507 e. The molecule has 0 radical (unpaired) electrons. The van der Waals surface area contributed by atoms with Gasteiger partial charge in [-0.05, 0) is 61.0 Å². The molecule has 1 fully saturated rings. The third kappa shape index (κ3) is 4.05. The van der Waals surface area contributed by atoms with E-state index in [1.54, 1.807) is 54.6 Å². The number of ketones is 1. The number of benzene rings is 3. The third-order valence-corrected chi connectivity index (χ3v) is 5.85. The number of halogens is 1. The smallest absolute Gasteiger partial charge is 0.300 e. The normalized spacial score (nSPS) is 17.3. The van der Waals surface area contributed by atoms with E-state index in [2.05, 4.69) is 0 Å². The van der Waals surface area contributed by atoms with Crippen molar-refractivity contribution in [2.75, 3.05) is 19.1 Å². The minimum atomic E-state index is -0.872. The maximum atomic E-state index is 13.2. The summed E-state index contributed by atoms with van der Waals surface area (Å²) >= 11 is 5.98. The zero-order valence-electron chi connectivity index (χ0n) is 18.3. The molecule has 1 heterocycles. The second kappa shape index (κ2) is 9.00. The third-order valence-electron chi connectivity index (χ3n) is 5.60. The van der Waals surface area contributed by atoms with Gasteiger partial charge in [-0.15, -0.1) is 0 Å². The number of aryl methyl sites for hydroxylation is 1. The molecule has 168 valence electrons. The lowest BCUT2D eigenvalue weighted by Crippen LogP contribution is -2.29. The van der Waals surface area contributed by atoms with E-state index in [0.717, 1.165) is 5.56 Å². The van der Waals surface area contributed by atoms with Crippen molar-refractivity contribution < 1.29 is 24.2 Å². The van der Waals surface area contributed by atoms with Crippen molar-refractivity contribution >= 4 is 34.7 Å². The molecule has 0 bridgehead atoms. The molecule has 4 rings (SSSR count). The van der Waals surface area contributed by atoms with Crippen molar-refractivity contribution in [3.8, 4) is 11.5 Å². The van der Waals surface area contributed by atoms with Crippen LogP contribution in [0, 0.1) is 6.92 Å². The van der Waals surface area contributed by atoms with Crippen LogP contribution >= 0.6 is 11.6 Å². The first-order valence-electron chi connectivity index (χ1n) is 10.2. The molecular formula is C26H22ClNO5. The summed E-state index contributed by atoms with van der Waals surface area (Å²) in [6.07, 6.45) is 0. The molecule has 3 aromatic carbocycles. The lowest BCUT2D eigenvalue weighted by atomic mass is 9.94. The number of hydrogen-bond acceptors (Lipinski definition) is 5. The second-order valence-corrected chi connectivity index (χ2v) is 8.06. The van der Waals surface area contributed by atoms with Gasteiger partial charge in [0, 0.05) is 16.3 Å². The Morgan fingerprint density at radius 1 is 0.909 bits per heavy atom. The summed E-state index contributed by atoms with van der Waals surface area (Å²) < 4.78 is 10.8. The van der Waals surface area contributed by atoms with Gasteiger partial charge in [0.25, 0.3) is 11.7 Å². The van der Waals surface area contributed by atoms with Crippen molar-refractivity contribution in [2.45, 2.75) is 13.0 Å². The number of aliphatic hydroxyl groups is 1. The molecule has 1 amide bonds. The van der Waals surface area contributed by atoms with Gasteiger partial charge in [0.05, 0.1) is 25.8 Å². The molecule has 0 aromatic heterocycles. The molecule has 3 aromatic rings. The Kier molecular flexibility index (Phi) is 6.11. The predicted molar refractivity (Wildman–Crippen MR) is 127 cm³/mol. The van der Waals surface area contributed by atoms with Crippen LogP contribution in [0.2, 0.25) is 5.02 Å². The number of carbonyl (C=O) groups is 2. The molecule has 0 aliphatic carbocycles. The van der Waals surface area contributed by atoms with Gasteiger partial charge in [0.2, 0.25) is 0 Å². The van der Waals surface area contributed by atoms with E-state index in [-0.39, 0.29) is 11.3 Å². The maximum absolute atomic E-state index is 13.2. The van der Waals surface area contributed by atoms with E-state index in [0.29, 0.717) is 33.3 Å². The number of nitrogens with zero attached hydrogens (tertiary/aromatic N) is 1. The Labute approximate surface area is 196 Å². The maximum Gasteiger partial charge on any atom is 0.300 e. The van der Waals surface area contributed by atoms with Gasteiger partial charge in [-0.25, -0.2) is 0 Å². The Balaban J connectivity index is 1.96. The molecule has 0 unspecified atom stereocenters. The molecule has 0 spiro atoms. The molecule has 1 saturated heterocycles. The molecule has 7 heteroatoms. The van der Waals surface area contributed by atoms with Crippen LogP contribution in [0.1, 0.15) is 22.7 Å². The zero-order chi connectivity index (χ0) is 23.7. The van der Waals surface area contributed by atoms with Crippen LogP contribution in [0.15, 0.2) is 72.3 Å². The van der Waals surface area contributed by atoms with Gasteiger partial charge < -0.3 is 14.6 Å². The lowest BCUT2D eigenvalue weighted by molar-refractivity contribution is -0.132. The first-order valence-corrected chi connectivity index (χ1v) is 10.6. The van der Waals surface area contributed by atoms with Crippen molar-refractivity contribution in [1.29, 1.82) is 0 Å². The molecule has 1 N–H and O–H groups in total. The van der Waals surface area contributed by atoms with E-state index in [1.165, 1.54) is 19.1 Å². The number of anilines is 1. The van der Waals surface area contributed by atoms with Crippen molar-refractivity contribution in [2.24, 2.45) is 0 Å². The van der Waals surface area contributed by atoms with Crippen molar-refractivity contribution in [3.63, 3.8) is 0 Å². The van der Waals surface area contributed by atoms with Gasteiger partial charge in [0.15, 0.2) is 11.5 Å². The molecule has 33 heavy (non-hydrogen) atoms. The number of Topliss-reactive ketones (excluding diaryl/α,β-unsaturated/α-hetero) is 1. The van der Waals surface area contributed by atoms with E-state index in [4.69, 9.17) is 21.1 Å². The molecule has 1 aliphatic heterocycles. The van der Waals surface area contributed by atoms with Crippen LogP contribution < -0.4 is 14.4 Å². The fourth-order valence-electron chi connectivity index (χ4n) is 3.91. The van der Waals surface area contributed by atoms with Crippen LogP contribution in [0.25, 0.3) is 5.76 Å². The lowest BCUT2D eigenvalue weighted by Gasteiger charge is -2.26. The Morgan fingerprint density at radius 3 is 2.15 bits per heavy atom. The average Bonchev–Trinajstić information content (AvgIpc) is 3.09. The number of methoxy groups -OCH3 is 2. The van der Waals surface area contributed by atoms with E-state index in [9.17, 15) is 14.7 Å². The number of aliphatic hydroxyl groups excluding tert-OH is 1. The summed E-state index contributed by atoms with van der Waals surface area (Å²) in [5.74, 6) is -0.835. The zero-order valence-corrected chi connectivity index (χ0v) is 19.1. The average molecular weight is 464 g/mol. The number of hydrogen-bond donors (Lipinski definition) is 1. The number of ether oxygens (including phenoxy) is 2. The van der Waals surface area contributed by atoms with Crippen LogP contribution in [-0.4, -0.2) is 31.0 Å². The Bertz CT molecular complexity index is 1250. The van der Waals surface area contributed by atoms with Crippen LogP contribution in [0.3, 0.4) is 0 Å². The highest BCUT2D eigenvalue weighted by Gasteiger charge is 2.47. The van der Waals surface area contributed by atoms with Crippen LogP contribution in [0.4, 0.5) is 5.69 Å². The molecule has 1 atom stereocenters. The first kappa shape index (κ1) is 22.4. The molecular weight excluding hydrogens is 442 g/mol. The summed E-state index contributed by atoms with van der Waals surface area (Å²) in [7, 11) is 3.03. The SMILES string of the molecule is COc1ccc([C@@H]2C(=C(O)c3ccc(Cl)cc3)C(=O)C(=O)N2c2ccc(C)cc2)cc1OC. The number of rotatable bonds is 5. The summed E-state index contributed by atoms with van der Waals surface area (Å²) in [6, 6.07) is 18.0. The monoisotopic (exact) mass is 463 g/mol. The molecule has 1 aliphatic rings. The van der Waals surface area contributed by atoms with E-state index >= 15 is 0 Å². The topological polar surface area (TPSA) is 76.1 Å². The molecule has 0 saturated carbocycles. The van der Waals surface area contributed by atoms with E-state index < -0.39 is 17.7 Å². The highest BCUT2D eigenvalue weighted by atomic mass is 35.5. The van der Waals surface area contributed by atoms with Gasteiger partial charge in [0.1, 0.15) is 5.76 Å². The quantitative estimate of drug-likeness (QED) is 0.316. The largest absolute Gasteiger partial charge is 0.507 e. The minimum absolute atomic E-state index is 0.0184. The number of amides is 1. The fourth-order valence-corrected chi connectivity index (χ4v) is 4.03. The fraction of sp³-hybridized carbons (Fsp3) is 0.154. The van der Waals surface area contributed by atoms with Gasteiger partial charge in [-0.1, -0.05) is 35.4 Å². The Hall–Kier alpha value is -3.77. The van der Waals surface area contributed by atoms with Gasteiger partial charge in [-0.3, -0.25) is 14.5 Å². The number of carbonyl (C=O) groups excluding carboxylic acids is 2. The Morgan fingerprint density at radius 2 is 1.55 bits per heavy atom. The summed E-state index contributed by atoms with van der Waals surface area (Å²) in [4.78, 5) is 27.8. The first-order chi connectivity index (χ1) is 15.8. The van der Waals surface area contributed by atoms with Crippen LogP contribution in [-0.2, 0) is 9.59 Å². The summed E-state index contributed by atoms with van der Waals surface area (Å²) in [5, 5.41) is 11.6. The van der Waals surface area contributed by atoms with Crippen LogP contribution in [0.5, 0.6) is 11.5 Å². The highest BCUT2D eigenvalue weighted by molar-refractivity contribution is 6.51. The molecule has 6 nitrogen and oxygen atoms in total. The van der Waals surface area contributed by atoms with E-state index in [1.807, 2.05) is 19.1 Å². The predicted octanol–water partition coefficient (Wildman–Crippen LogP) is 5.29. The van der Waals surface area contributed by atoms with Crippen molar-refractivity contribution in [1.82, 2.24) is 0 Å². The van der Waals surface area contributed by atoms with Gasteiger partial charge in [-0.2, -0.15) is 0 Å². The van der Waals surface area contributed by atoms with Gasteiger partial charge >= 0.3 is 0 Å². The standard InChI is InChI=1S/C26H22ClNO5/c1-15-4-11-19(12-5-15)28-23(17-8-13-20(32-2)21(14-17)33-3)22(25(30)26(28)31)24(29)16-6-9-18(27)10-7-16/h4-14,23,29H,1-3H3/t23-/m1/s1. The second-order valence-electron chi connectivity index (χ2n) is 7.63. The van der Waals surface area contributed by atoms with Crippen molar-refractivity contribution in [3.05, 3.63) is 94.0 Å². The summed E-state index contributed by atoms with van der Waals surface area (Å²) in [5.41, 5.74) is 2.50. The highest BCUT2D eigenvalue weighted by Crippen LogP contribution is 2.44. The summed E-state index contributed by atoms with van der Waals surface area (Å²) in [6.45, 7) is 1.93.